The molecule has 0 aliphatic carbocycles. The number of rotatable bonds is 13. The summed E-state index contributed by atoms with van der Waals surface area (Å²) in [4.78, 5) is 14.5. The molecular formula is C20H33NO5. The van der Waals surface area contributed by atoms with E-state index in [-0.39, 0.29) is 5.97 Å². The van der Waals surface area contributed by atoms with E-state index >= 15 is 0 Å². The lowest BCUT2D eigenvalue weighted by Crippen LogP contribution is -2.12. The van der Waals surface area contributed by atoms with Crippen molar-refractivity contribution in [3.05, 3.63) is 17.7 Å². The number of hydrogen-bond acceptors (Lipinski definition) is 6. The van der Waals surface area contributed by atoms with E-state index in [9.17, 15) is 4.79 Å². The maximum absolute atomic E-state index is 12.2. The molecule has 1 aromatic rings. The number of benzene rings is 1. The zero-order valence-electron chi connectivity index (χ0n) is 16.8. The number of carbonyl (C=O) groups excluding carboxylic acids is 1. The van der Waals surface area contributed by atoms with E-state index in [1.807, 2.05) is 0 Å². The first-order chi connectivity index (χ1) is 12.5. The zero-order chi connectivity index (χ0) is 19.4. The van der Waals surface area contributed by atoms with Crippen LogP contribution in [-0.2, 0) is 4.74 Å². The fourth-order valence-corrected chi connectivity index (χ4v) is 2.68. The van der Waals surface area contributed by atoms with Crippen LogP contribution in [0.4, 0.5) is 0 Å². The van der Waals surface area contributed by atoms with Crippen molar-refractivity contribution in [3.63, 3.8) is 0 Å². The average Bonchev–Trinajstić information content (AvgIpc) is 2.64. The standard InChI is InChI=1S/C20H33NO5/c1-21(2)12-10-8-6-7-9-11-13-26-20(22)16-14-17(23-3)19(25-5)18(15-16)24-4/h14-15H,6-13H2,1-5H3. The maximum atomic E-state index is 12.2. The molecule has 6 nitrogen and oxygen atoms in total. The summed E-state index contributed by atoms with van der Waals surface area (Å²) in [5.41, 5.74) is 0.392. The molecule has 1 aromatic carbocycles. The maximum Gasteiger partial charge on any atom is 0.338 e. The molecule has 0 fully saturated rings. The Morgan fingerprint density at radius 1 is 0.846 bits per heavy atom. The van der Waals surface area contributed by atoms with Gasteiger partial charge >= 0.3 is 5.97 Å². The van der Waals surface area contributed by atoms with Crippen molar-refractivity contribution in [1.29, 1.82) is 0 Å². The van der Waals surface area contributed by atoms with Crippen LogP contribution in [0.2, 0.25) is 0 Å². The van der Waals surface area contributed by atoms with Crippen molar-refractivity contribution in [2.24, 2.45) is 0 Å². The summed E-state index contributed by atoms with van der Waals surface area (Å²) < 4.78 is 21.1. The summed E-state index contributed by atoms with van der Waals surface area (Å²) >= 11 is 0. The van der Waals surface area contributed by atoms with Crippen LogP contribution >= 0.6 is 0 Å². The number of ether oxygens (including phenoxy) is 4. The van der Waals surface area contributed by atoms with Gasteiger partial charge in [-0.2, -0.15) is 0 Å². The van der Waals surface area contributed by atoms with Crippen molar-refractivity contribution in [3.8, 4) is 17.2 Å². The molecule has 148 valence electrons. The minimum Gasteiger partial charge on any atom is -0.493 e. The van der Waals surface area contributed by atoms with E-state index in [1.165, 1.54) is 47.0 Å². The summed E-state index contributed by atoms with van der Waals surface area (Å²) in [6.07, 6.45) is 6.85. The molecule has 0 bridgehead atoms. The molecule has 0 radical (unpaired) electrons. The molecule has 6 heteroatoms. The van der Waals surface area contributed by atoms with Crippen molar-refractivity contribution in [2.45, 2.75) is 38.5 Å². The molecule has 0 heterocycles. The molecule has 0 N–H and O–H groups in total. The summed E-state index contributed by atoms with van der Waals surface area (Å²) in [6.45, 7) is 1.57. The summed E-state index contributed by atoms with van der Waals surface area (Å²) in [5.74, 6) is 0.962. The van der Waals surface area contributed by atoms with Gasteiger partial charge in [0.2, 0.25) is 5.75 Å². The molecule has 0 aliphatic heterocycles. The second kappa shape index (κ2) is 12.4. The Bertz CT molecular complexity index is 520. The number of carbonyl (C=O) groups is 1. The smallest absolute Gasteiger partial charge is 0.338 e. The third-order valence-corrected chi connectivity index (χ3v) is 4.13. The molecule has 0 saturated carbocycles. The van der Waals surface area contributed by atoms with Crippen molar-refractivity contribution >= 4 is 5.97 Å². The van der Waals surface area contributed by atoms with Crippen LogP contribution < -0.4 is 14.2 Å². The van der Waals surface area contributed by atoms with Gasteiger partial charge in [-0.3, -0.25) is 0 Å². The van der Waals surface area contributed by atoms with Crippen LogP contribution in [0, 0.1) is 0 Å². The summed E-state index contributed by atoms with van der Waals surface area (Å²) in [5, 5.41) is 0. The monoisotopic (exact) mass is 367 g/mol. The van der Waals surface area contributed by atoms with Gasteiger partial charge in [0.1, 0.15) is 0 Å². The topological polar surface area (TPSA) is 57.2 Å². The highest BCUT2D eigenvalue weighted by molar-refractivity contribution is 5.91. The van der Waals surface area contributed by atoms with Gasteiger partial charge in [-0.15, -0.1) is 0 Å². The second-order valence-corrected chi connectivity index (χ2v) is 6.47. The fraction of sp³-hybridized carbons (Fsp3) is 0.650. The van der Waals surface area contributed by atoms with Crippen molar-refractivity contribution in [2.75, 3.05) is 48.6 Å². The zero-order valence-corrected chi connectivity index (χ0v) is 16.8. The van der Waals surface area contributed by atoms with Gasteiger partial charge in [-0.1, -0.05) is 25.7 Å². The van der Waals surface area contributed by atoms with Gasteiger partial charge in [-0.25, -0.2) is 4.79 Å². The number of unbranched alkanes of at least 4 members (excludes halogenated alkanes) is 5. The van der Waals surface area contributed by atoms with E-state index in [0.29, 0.717) is 29.4 Å². The molecule has 0 unspecified atom stereocenters. The predicted octanol–water partition coefficient (Wildman–Crippen LogP) is 3.77. The number of esters is 1. The number of methoxy groups -OCH3 is 3. The van der Waals surface area contributed by atoms with Crippen LogP contribution in [0.3, 0.4) is 0 Å². The van der Waals surface area contributed by atoms with Gasteiger partial charge in [0.25, 0.3) is 0 Å². The highest BCUT2D eigenvalue weighted by Gasteiger charge is 2.17. The van der Waals surface area contributed by atoms with Gasteiger partial charge < -0.3 is 23.8 Å². The Morgan fingerprint density at radius 3 is 1.88 bits per heavy atom. The quantitative estimate of drug-likeness (QED) is 0.391. The minimum absolute atomic E-state index is 0.379. The molecule has 1 rings (SSSR count). The average molecular weight is 367 g/mol. The fourth-order valence-electron chi connectivity index (χ4n) is 2.68. The second-order valence-electron chi connectivity index (χ2n) is 6.47. The van der Waals surface area contributed by atoms with Gasteiger partial charge in [0.05, 0.1) is 33.5 Å². The Kier molecular flexibility index (Phi) is 10.5. The van der Waals surface area contributed by atoms with E-state index in [0.717, 1.165) is 19.4 Å². The molecule has 0 amide bonds. The molecule has 26 heavy (non-hydrogen) atoms. The normalized spacial score (nSPS) is 10.7. The van der Waals surface area contributed by atoms with Gasteiger partial charge in [0.15, 0.2) is 11.5 Å². The predicted molar refractivity (Wildman–Crippen MR) is 103 cm³/mol. The van der Waals surface area contributed by atoms with E-state index in [2.05, 4.69) is 19.0 Å². The van der Waals surface area contributed by atoms with Crippen molar-refractivity contribution in [1.82, 2.24) is 4.90 Å². The first-order valence-corrected chi connectivity index (χ1v) is 9.15. The molecule has 0 aliphatic rings. The van der Waals surface area contributed by atoms with Gasteiger partial charge in [0, 0.05) is 0 Å². The Morgan fingerprint density at radius 2 is 1.38 bits per heavy atom. The third-order valence-electron chi connectivity index (χ3n) is 4.13. The minimum atomic E-state index is -0.379. The van der Waals surface area contributed by atoms with E-state index in [1.54, 1.807) is 12.1 Å². The van der Waals surface area contributed by atoms with Crippen LogP contribution in [0.5, 0.6) is 17.2 Å². The first kappa shape index (κ1) is 22.1. The van der Waals surface area contributed by atoms with E-state index in [4.69, 9.17) is 18.9 Å². The lowest BCUT2D eigenvalue weighted by atomic mass is 10.1. The SMILES string of the molecule is COc1cc(C(=O)OCCCCCCCCN(C)C)cc(OC)c1OC. The number of hydrogen-bond donors (Lipinski definition) is 0. The lowest BCUT2D eigenvalue weighted by Gasteiger charge is -2.13. The highest BCUT2D eigenvalue weighted by atomic mass is 16.5. The first-order valence-electron chi connectivity index (χ1n) is 9.15. The van der Waals surface area contributed by atoms with Gasteiger partial charge in [-0.05, 0) is 45.6 Å². The molecular weight excluding hydrogens is 334 g/mol. The largest absolute Gasteiger partial charge is 0.493 e. The summed E-state index contributed by atoms with van der Waals surface area (Å²) in [7, 11) is 8.76. The Hall–Kier alpha value is -1.95. The molecule has 0 spiro atoms. The highest BCUT2D eigenvalue weighted by Crippen LogP contribution is 2.38. The molecule has 0 aromatic heterocycles. The third kappa shape index (κ3) is 7.52. The number of nitrogens with zero attached hydrogens (tertiary/aromatic N) is 1. The lowest BCUT2D eigenvalue weighted by molar-refractivity contribution is 0.0496. The van der Waals surface area contributed by atoms with Crippen molar-refractivity contribution < 1.29 is 23.7 Å². The Balaban J connectivity index is 2.35. The van der Waals surface area contributed by atoms with Crippen LogP contribution in [-0.4, -0.2) is 59.4 Å². The van der Waals surface area contributed by atoms with E-state index < -0.39 is 0 Å². The summed E-state index contributed by atoms with van der Waals surface area (Å²) in [6, 6.07) is 3.21. The van der Waals surface area contributed by atoms with Crippen LogP contribution in [0.1, 0.15) is 48.9 Å². The molecule has 0 saturated heterocycles. The van der Waals surface area contributed by atoms with Crippen LogP contribution in [0.15, 0.2) is 12.1 Å². The molecule has 0 atom stereocenters. The Labute approximate surface area is 157 Å². The van der Waals surface area contributed by atoms with Crippen LogP contribution in [0.25, 0.3) is 0 Å².